The first-order valence-electron chi connectivity index (χ1n) is 6.64. The molecule has 0 radical (unpaired) electrons. The van der Waals surface area contributed by atoms with Gasteiger partial charge in [0.1, 0.15) is 5.75 Å². The maximum absolute atomic E-state index is 11.3. The van der Waals surface area contributed by atoms with E-state index in [9.17, 15) is 4.79 Å². The highest BCUT2D eigenvalue weighted by atomic mass is 16.5. The van der Waals surface area contributed by atoms with Gasteiger partial charge in [-0.15, -0.1) is 0 Å². The summed E-state index contributed by atoms with van der Waals surface area (Å²) in [4.78, 5) is 11.3. The molecule has 0 heterocycles. The number of methoxy groups -OCH3 is 1. The van der Waals surface area contributed by atoms with Crippen LogP contribution in [0.3, 0.4) is 0 Å². The molecule has 1 aliphatic rings. The predicted molar refractivity (Wildman–Crippen MR) is 75.0 cm³/mol. The molecule has 4 nitrogen and oxygen atoms in total. The van der Waals surface area contributed by atoms with Gasteiger partial charge in [0.15, 0.2) is 0 Å². The molecule has 0 fully saturated rings. The number of fused-ring (bicyclic) bond motifs is 1. The average molecular weight is 262 g/mol. The van der Waals surface area contributed by atoms with Crippen LogP contribution >= 0.6 is 0 Å². The summed E-state index contributed by atoms with van der Waals surface area (Å²) in [6, 6.07) is 6.48. The molecule has 0 saturated carbocycles. The Morgan fingerprint density at radius 1 is 1.53 bits per heavy atom. The molecule has 0 bridgehead atoms. The van der Waals surface area contributed by atoms with E-state index in [1.165, 1.54) is 11.1 Å². The minimum atomic E-state index is -0.526. The number of nitrogens with two attached hydrogens (primary N) is 1. The summed E-state index contributed by atoms with van der Waals surface area (Å²) in [5.41, 5.74) is 7.50. The molecule has 1 unspecified atom stereocenters. The third-order valence-electron chi connectivity index (χ3n) is 3.89. The summed E-state index contributed by atoms with van der Waals surface area (Å²) in [5.74, 6) is 0.602. The van der Waals surface area contributed by atoms with Crippen molar-refractivity contribution in [1.82, 2.24) is 5.32 Å². The van der Waals surface area contributed by atoms with Crippen molar-refractivity contribution < 1.29 is 9.53 Å². The molecular formula is C15H22N2O2. The second-order valence-electron chi connectivity index (χ2n) is 5.79. The summed E-state index contributed by atoms with van der Waals surface area (Å²) < 4.78 is 5.27. The fourth-order valence-electron chi connectivity index (χ4n) is 2.38. The van der Waals surface area contributed by atoms with Crippen LogP contribution in [0.25, 0.3) is 0 Å². The van der Waals surface area contributed by atoms with Crippen molar-refractivity contribution in [2.75, 3.05) is 13.7 Å². The van der Waals surface area contributed by atoms with Crippen molar-refractivity contribution in [3.63, 3.8) is 0 Å². The lowest BCUT2D eigenvalue weighted by Gasteiger charge is -2.24. The molecule has 3 N–H and O–H groups in total. The number of carbonyl (C=O) groups is 1. The number of amides is 1. The van der Waals surface area contributed by atoms with Gasteiger partial charge in [0.25, 0.3) is 0 Å². The van der Waals surface area contributed by atoms with Gasteiger partial charge >= 0.3 is 0 Å². The molecule has 2 rings (SSSR count). The number of carbonyl (C=O) groups excluding carboxylic acids is 1. The third-order valence-corrected chi connectivity index (χ3v) is 3.89. The van der Waals surface area contributed by atoms with Crippen molar-refractivity contribution >= 4 is 5.91 Å². The molecule has 0 aliphatic heterocycles. The van der Waals surface area contributed by atoms with Crippen molar-refractivity contribution in [2.45, 2.75) is 32.7 Å². The minimum Gasteiger partial charge on any atom is -0.497 e. The van der Waals surface area contributed by atoms with Crippen molar-refractivity contribution in [3.8, 4) is 5.75 Å². The normalized spacial score (nSPS) is 18.2. The predicted octanol–water partition coefficient (Wildman–Crippen LogP) is 1.78. The first kappa shape index (κ1) is 13.9. The Balaban J connectivity index is 2.08. The molecule has 1 aromatic rings. The number of ether oxygens (including phenoxy) is 1. The van der Waals surface area contributed by atoms with E-state index in [0.717, 1.165) is 18.6 Å². The van der Waals surface area contributed by atoms with Crippen LogP contribution in [0.15, 0.2) is 18.2 Å². The van der Waals surface area contributed by atoms with E-state index in [1.54, 1.807) is 7.11 Å². The summed E-state index contributed by atoms with van der Waals surface area (Å²) in [6.07, 6.45) is 2.12. The lowest BCUT2D eigenvalue weighted by molar-refractivity contribution is -0.125. The molecule has 0 saturated heterocycles. The third kappa shape index (κ3) is 2.89. The maximum atomic E-state index is 11.3. The van der Waals surface area contributed by atoms with Gasteiger partial charge < -0.3 is 15.8 Å². The Labute approximate surface area is 114 Å². The van der Waals surface area contributed by atoms with Crippen LogP contribution in [-0.4, -0.2) is 19.6 Å². The largest absolute Gasteiger partial charge is 0.497 e. The number of hydrogen-bond donors (Lipinski definition) is 2. The van der Waals surface area contributed by atoms with Gasteiger partial charge in [0.05, 0.1) is 12.5 Å². The molecule has 1 aromatic carbocycles. The summed E-state index contributed by atoms with van der Waals surface area (Å²) in [6.45, 7) is 4.32. The SMILES string of the molecule is COc1ccc2c(c1)C(NCC(C)(C)C(N)=O)CC2. The highest BCUT2D eigenvalue weighted by Gasteiger charge is 2.28. The van der Waals surface area contributed by atoms with Crippen LogP contribution in [-0.2, 0) is 11.2 Å². The number of aryl methyl sites for hydroxylation is 1. The van der Waals surface area contributed by atoms with Crippen molar-refractivity contribution in [3.05, 3.63) is 29.3 Å². The van der Waals surface area contributed by atoms with Crippen LogP contribution in [0.2, 0.25) is 0 Å². The zero-order valence-corrected chi connectivity index (χ0v) is 11.8. The van der Waals surface area contributed by atoms with Gasteiger partial charge in [-0.1, -0.05) is 6.07 Å². The molecule has 0 spiro atoms. The second kappa shape index (κ2) is 5.21. The quantitative estimate of drug-likeness (QED) is 0.850. The standard InChI is InChI=1S/C15H22N2O2/c1-15(2,14(16)18)9-17-13-7-5-10-4-6-11(19-3)8-12(10)13/h4,6,8,13,17H,5,7,9H2,1-3H3,(H2,16,18). The zero-order valence-electron chi connectivity index (χ0n) is 11.8. The van der Waals surface area contributed by atoms with Gasteiger partial charge in [0, 0.05) is 12.6 Å². The highest BCUT2D eigenvalue weighted by molar-refractivity contribution is 5.80. The molecular weight excluding hydrogens is 240 g/mol. The number of primary amides is 1. The molecule has 4 heteroatoms. The van der Waals surface area contributed by atoms with Gasteiger partial charge in [-0.3, -0.25) is 4.79 Å². The van der Waals surface area contributed by atoms with E-state index in [1.807, 2.05) is 19.9 Å². The zero-order chi connectivity index (χ0) is 14.0. The molecule has 1 amide bonds. The minimum absolute atomic E-state index is 0.274. The second-order valence-corrected chi connectivity index (χ2v) is 5.79. The molecule has 19 heavy (non-hydrogen) atoms. The number of rotatable bonds is 5. The van der Waals surface area contributed by atoms with E-state index >= 15 is 0 Å². The van der Waals surface area contributed by atoms with Gasteiger partial charge in [-0.05, 0) is 49.9 Å². The van der Waals surface area contributed by atoms with Crippen LogP contribution in [0.1, 0.15) is 37.4 Å². The summed E-state index contributed by atoms with van der Waals surface area (Å²) in [7, 11) is 1.68. The van der Waals surface area contributed by atoms with Crippen molar-refractivity contribution in [2.24, 2.45) is 11.1 Å². The first-order chi connectivity index (χ1) is 8.94. The monoisotopic (exact) mass is 262 g/mol. The van der Waals surface area contributed by atoms with Crippen LogP contribution in [0.5, 0.6) is 5.75 Å². The van der Waals surface area contributed by atoms with E-state index in [0.29, 0.717) is 6.54 Å². The van der Waals surface area contributed by atoms with Crippen LogP contribution < -0.4 is 15.8 Å². The first-order valence-corrected chi connectivity index (χ1v) is 6.64. The van der Waals surface area contributed by atoms with E-state index in [-0.39, 0.29) is 11.9 Å². The Hall–Kier alpha value is -1.55. The number of hydrogen-bond acceptors (Lipinski definition) is 3. The highest BCUT2D eigenvalue weighted by Crippen LogP contribution is 2.34. The van der Waals surface area contributed by atoms with Crippen LogP contribution in [0.4, 0.5) is 0 Å². The Bertz CT molecular complexity index is 483. The topological polar surface area (TPSA) is 64.3 Å². The Morgan fingerprint density at radius 2 is 2.26 bits per heavy atom. The smallest absolute Gasteiger partial charge is 0.224 e. The van der Waals surface area contributed by atoms with Crippen molar-refractivity contribution in [1.29, 1.82) is 0 Å². The molecule has 1 atom stereocenters. The van der Waals surface area contributed by atoms with Gasteiger partial charge in [-0.2, -0.15) is 0 Å². The van der Waals surface area contributed by atoms with Crippen LogP contribution in [0, 0.1) is 5.41 Å². The number of nitrogens with one attached hydrogen (secondary N) is 1. The van der Waals surface area contributed by atoms with E-state index in [2.05, 4.69) is 17.4 Å². The fraction of sp³-hybridized carbons (Fsp3) is 0.533. The Kier molecular flexibility index (Phi) is 3.80. The maximum Gasteiger partial charge on any atom is 0.224 e. The van der Waals surface area contributed by atoms with E-state index in [4.69, 9.17) is 10.5 Å². The average Bonchev–Trinajstić information content (AvgIpc) is 2.78. The molecule has 104 valence electrons. The molecule has 1 aliphatic carbocycles. The lowest BCUT2D eigenvalue weighted by atomic mass is 9.92. The Morgan fingerprint density at radius 3 is 2.89 bits per heavy atom. The summed E-state index contributed by atoms with van der Waals surface area (Å²) in [5, 5.41) is 3.45. The number of benzene rings is 1. The fourth-order valence-corrected chi connectivity index (χ4v) is 2.38. The summed E-state index contributed by atoms with van der Waals surface area (Å²) >= 11 is 0. The van der Waals surface area contributed by atoms with Gasteiger partial charge in [-0.25, -0.2) is 0 Å². The lowest BCUT2D eigenvalue weighted by Crippen LogP contribution is -2.41. The van der Waals surface area contributed by atoms with Gasteiger partial charge in [0.2, 0.25) is 5.91 Å². The molecule has 0 aromatic heterocycles. The van der Waals surface area contributed by atoms with E-state index < -0.39 is 5.41 Å².